The molecule has 1 atom stereocenters. The van der Waals surface area contributed by atoms with Gasteiger partial charge in [-0.15, -0.1) is 0 Å². The molecule has 2 aliphatic rings. The number of carbonyl (C=O) groups excluding carboxylic acids is 2. The molecule has 1 aliphatic carbocycles. The highest BCUT2D eigenvalue weighted by atomic mass is 35.5. The fraction of sp³-hybridized carbons (Fsp3) is 0.391. The Morgan fingerprint density at radius 2 is 1.75 bits per heavy atom. The molecule has 0 aromatic heterocycles. The average Bonchev–Trinajstić information content (AvgIpc) is 3.40. The lowest BCUT2D eigenvalue weighted by molar-refractivity contribution is -0.123. The summed E-state index contributed by atoms with van der Waals surface area (Å²) >= 11 is 6.25. The number of halogens is 1. The van der Waals surface area contributed by atoms with Gasteiger partial charge in [-0.2, -0.15) is 4.31 Å². The largest absolute Gasteiger partial charge is 0.352 e. The second-order valence-electron chi connectivity index (χ2n) is 8.25. The Bertz CT molecular complexity index is 1100. The number of benzene rings is 2. The SMILES string of the molecule is O=C(NC(Cc1ccccc1)C(=O)NC1CC1)c1cc(S(=O)(=O)N2CCCC2)ccc1Cl. The monoisotopic (exact) mass is 475 g/mol. The molecule has 2 aromatic rings. The zero-order valence-electron chi connectivity index (χ0n) is 17.6. The van der Waals surface area contributed by atoms with E-state index in [9.17, 15) is 18.0 Å². The number of hydrogen-bond acceptors (Lipinski definition) is 4. The summed E-state index contributed by atoms with van der Waals surface area (Å²) in [6.45, 7) is 0.931. The number of hydrogen-bond donors (Lipinski definition) is 2. The summed E-state index contributed by atoms with van der Waals surface area (Å²) in [4.78, 5) is 25.9. The van der Waals surface area contributed by atoms with Gasteiger partial charge in [-0.1, -0.05) is 41.9 Å². The molecule has 1 aliphatic heterocycles. The van der Waals surface area contributed by atoms with E-state index >= 15 is 0 Å². The molecule has 0 radical (unpaired) electrons. The molecule has 0 spiro atoms. The van der Waals surface area contributed by atoms with Gasteiger partial charge < -0.3 is 10.6 Å². The van der Waals surface area contributed by atoms with Crippen molar-refractivity contribution in [2.45, 2.75) is 49.1 Å². The van der Waals surface area contributed by atoms with Crippen molar-refractivity contribution in [2.75, 3.05) is 13.1 Å². The first kappa shape index (κ1) is 22.8. The molecule has 7 nitrogen and oxygen atoms in total. The molecule has 1 saturated carbocycles. The molecule has 32 heavy (non-hydrogen) atoms. The molecule has 2 aromatic carbocycles. The van der Waals surface area contributed by atoms with E-state index in [1.54, 1.807) is 0 Å². The van der Waals surface area contributed by atoms with Crippen LogP contribution in [0.15, 0.2) is 53.4 Å². The van der Waals surface area contributed by atoms with Crippen LogP contribution in [-0.4, -0.2) is 49.7 Å². The van der Waals surface area contributed by atoms with Gasteiger partial charge in [0.15, 0.2) is 0 Å². The third-order valence-electron chi connectivity index (χ3n) is 5.71. The molecule has 4 rings (SSSR count). The lowest BCUT2D eigenvalue weighted by atomic mass is 10.0. The summed E-state index contributed by atoms with van der Waals surface area (Å²) in [5, 5.41) is 5.82. The van der Waals surface area contributed by atoms with Crippen molar-refractivity contribution in [1.29, 1.82) is 0 Å². The Labute approximate surface area is 193 Å². The van der Waals surface area contributed by atoms with Crippen LogP contribution >= 0.6 is 11.6 Å². The smallest absolute Gasteiger partial charge is 0.253 e. The predicted octanol–water partition coefficient (Wildman–Crippen LogP) is 2.74. The molecule has 0 bridgehead atoms. The van der Waals surface area contributed by atoms with E-state index < -0.39 is 22.0 Å². The first-order valence-electron chi connectivity index (χ1n) is 10.8. The third kappa shape index (κ3) is 5.31. The van der Waals surface area contributed by atoms with E-state index in [0.29, 0.717) is 19.5 Å². The minimum Gasteiger partial charge on any atom is -0.352 e. The highest BCUT2D eigenvalue weighted by Gasteiger charge is 2.31. The van der Waals surface area contributed by atoms with Gasteiger partial charge in [0.2, 0.25) is 15.9 Å². The van der Waals surface area contributed by atoms with Gasteiger partial charge in [-0.05, 0) is 49.4 Å². The number of carbonyl (C=O) groups is 2. The van der Waals surface area contributed by atoms with Gasteiger partial charge >= 0.3 is 0 Å². The topological polar surface area (TPSA) is 95.6 Å². The maximum Gasteiger partial charge on any atom is 0.253 e. The van der Waals surface area contributed by atoms with Crippen molar-refractivity contribution in [3.05, 3.63) is 64.7 Å². The van der Waals surface area contributed by atoms with Crippen LogP contribution in [0.3, 0.4) is 0 Å². The molecule has 170 valence electrons. The van der Waals surface area contributed by atoms with Crippen LogP contribution in [0.4, 0.5) is 0 Å². The zero-order chi connectivity index (χ0) is 22.7. The van der Waals surface area contributed by atoms with Gasteiger partial charge in [0.1, 0.15) is 6.04 Å². The standard InChI is InChI=1S/C23H26ClN3O4S/c24-20-11-10-18(32(30,31)27-12-4-5-13-27)15-19(20)22(28)26-21(23(29)25-17-8-9-17)14-16-6-2-1-3-7-16/h1-3,6-7,10-11,15,17,21H,4-5,8-9,12-14H2,(H,25,29)(H,26,28). The Morgan fingerprint density at radius 1 is 1.06 bits per heavy atom. The quantitative estimate of drug-likeness (QED) is 0.613. The van der Waals surface area contributed by atoms with Crippen molar-refractivity contribution in [3.8, 4) is 0 Å². The fourth-order valence-corrected chi connectivity index (χ4v) is 5.49. The van der Waals surface area contributed by atoms with E-state index in [1.807, 2.05) is 30.3 Å². The number of sulfonamides is 1. The molecule has 2 amide bonds. The molecule has 1 heterocycles. The van der Waals surface area contributed by atoms with Gasteiger partial charge in [-0.25, -0.2) is 8.42 Å². The molecular formula is C23H26ClN3O4S. The lowest BCUT2D eigenvalue weighted by Crippen LogP contribution is -2.48. The number of rotatable bonds is 8. The minimum absolute atomic E-state index is 0.0241. The van der Waals surface area contributed by atoms with Gasteiger partial charge in [0.05, 0.1) is 15.5 Å². The summed E-state index contributed by atoms with van der Waals surface area (Å²) in [6, 6.07) is 12.9. The molecule has 2 N–H and O–H groups in total. The highest BCUT2D eigenvalue weighted by Crippen LogP contribution is 2.25. The minimum atomic E-state index is -3.70. The van der Waals surface area contributed by atoms with Crippen molar-refractivity contribution in [2.24, 2.45) is 0 Å². The summed E-state index contributed by atoms with van der Waals surface area (Å²) in [7, 11) is -3.70. The highest BCUT2D eigenvalue weighted by molar-refractivity contribution is 7.89. The van der Waals surface area contributed by atoms with E-state index in [1.165, 1.54) is 22.5 Å². The summed E-state index contributed by atoms with van der Waals surface area (Å²) < 4.78 is 27.2. The number of amides is 2. The summed E-state index contributed by atoms with van der Waals surface area (Å²) in [5.41, 5.74) is 0.935. The maximum absolute atomic E-state index is 13.1. The van der Waals surface area contributed by atoms with Crippen molar-refractivity contribution in [3.63, 3.8) is 0 Å². The van der Waals surface area contributed by atoms with Crippen LogP contribution in [0, 0.1) is 0 Å². The Kier molecular flexibility index (Phi) is 6.83. The number of nitrogens with zero attached hydrogens (tertiary/aromatic N) is 1. The second-order valence-corrected chi connectivity index (χ2v) is 10.6. The third-order valence-corrected chi connectivity index (χ3v) is 7.94. The van der Waals surface area contributed by atoms with Gasteiger partial charge in [0, 0.05) is 25.6 Å². The molecule has 9 heteroatoms. The molecule has 1 unspecified atom stereocenters. The molecular weight excluding hydrogens is 450 g/mol. The van der Waals surface area contributed by atoms with Crippen molar-refractivity contribution >= 4 is 33.4 Å². The maximum atomic E-state index is 13.1. The summed E-state index contributed by atoms with van der Waals surface area (Å²) in [5.74, 6) is -0.845. The Balaban J connectivity index is 1.56. The van der Waals surface area contributed by atoms with Crippen LogP contribution < -0.4 is 10.6 Å². The van der Waals surface area contributed by atoms with Crippen LogP contribution in [0.5, 0.6) is 0 Å². The van der Waals surface area contributed by atoms with Gasteiger partial charge in [-0.3, -0.25) is 9.59 Å². The summed E-state index contributed by atoms with van der Waals surface area (Å²) in [6.07, 6.45) is 3.81. The Morgan fingerprint density at radius 3 is 2.41 bits per heavy atom. The number of nitrogens with one attached hydrogen (secondary N) is 2. The van der Waals surface area contributed by atoms with Crippen LogP contribution in [0.2, 0.25) is 5.02 Å². The predicted molar refractivity (Wildman–Crippen MR) is 122 cm³/mol. The van der Waals surface area contributed by atoms with E-state index in [0.717, 1.165) is 31.2 Å². The second kappa shape index (κ2) is 9.60. The Hall–Kier alpha value is -2.42. The van der Waals surface area contributed by atoms with Crippen LogP contribution in [-0.2, 0) is 21.2 Å². The van der Waals surface area contributed by atoms with E-state index in [4.69, 9.17) is 11.6 Å². The normalized spacial score (nSPS) is 17.7. The molecule has 2 fully saturated rings. The van der Waals surface area contributed by atoms with Crippen LogP contribution in [0.1, 0.15) is 41.6 Å². The zero-order valence-corrected chi connectivity index (χ0v) is 19.2. The first-order chi connectivity index (χ1) is 15.3. The fourth-order valence-electron chi connectivity index (χ4n) is 3.74. The lowest BCUT2D eigenvalue weighted by Gasteiger charge is -2.20. The average molecular weight is 476 g/mol. The van der Waals surface area contributed by atoms with E-state index in [2.05, 4.69) is 10.6 Å². The van der Waals surface area contributed by atoms with E-state index in [-0.39, 0.29) is 27.4 Å². The molecule has 1 saturated heterocycles. The van der Waals surface area contributed by atoms with Gasteiger partial charge in [0.25, 0.3) is 5.91 Å². The first-order valence-corrected chi connectivity index (χ1v) is 12.6. The van der Waals surface area contributed by atoms with Crippen molar-refractivity contribution in [1.82, 2.24) is 14.9 Å². The van der Waals surface area contributed by atoms with Crippen molar-refractivity contribution < 1.29 is 18.0 Å². The van der Waals surface area contributed by atoms with Crippen LogP contribution in [0.25, 0.3) is 0 Å².